The summed E-state index contributed by atoms with van der Waals surface area (Å²) in [6.45, 7) is 6.57. The van der Waals surface area contributed by atoms with Crippen LogP contribution < -0.4 is 26.6 Å². The maximum absolute atomic E-state index is 13.4. The summed E-state index contributed by atoms with van der Waals surface area (Å²) < 4.78 is 21.5. The Bertz CT molecular complexity index is 1160. The smallest absolute Gasteiger partial charge is 0.229 e. The molecule has 0 atom stereocenters. The van der Waals surface area contributed by atoms with E-state index in [-0.39, 0.29) is 37.8 Å². The monoisotopic (exact) mass is 553 g/mol. The van der Waals surface area contributed by atoms with Crippen LogP contribution in [0.15, 0.2) is 48.5 Å². The van der Waals surface area contributed by atoms with Gasteiger partial charge in [0.05, 0.1) is 69.9 Å². The Kier molecular flexibility index (Phi) is 11.8. The third kappa shape index (κ3) is 8.26. The van der Waals surface area contributed by atoms with Gasteiger partial charge < -0.3 is 40.0 Å². The highest BCUT2D eigenvalue weighted by atomic mass is 16.6. The summed E-state index contributed by atoms with van der Waals surface area (Å²) in [6, 6.07) is 15.8. The molecule has 2 aliphatic rings. The molecule has 0 spiro atoms. The first-order valence-corrected chi connectivity index (χ1v) is 13.8. The fourth-order valence-corrected chi connectivity index (χ4v) is 4.49. The molecule has 4 rings (SSSR count). The molecule has 0 saturated heterocycles. The zero-order valence-electron chi connectivity index (χ0n) is 23.0. The van der Waals surface area contributed by atoms with Crippen LogP contribution in [0.5, 0.6) is 0 Å². The minimum atomic E-state index is -0.156. The number of anilines is 1. The number of fused-ring (bicyclic) bond motifs is 4. The zero-order chi connectivity index (χ0) is 28.0. The van der Waals surface area contributed by atoms with Gasteiger partial charge in [0, 0.05) is 37.1 Å². The third-order valence-corrected chi connectivity index (χ3v) is 6.46. The number of hydrogen-bond acceptors (Lipinski definition) is 9. The summed E-state index contributed by atoms with van der Waals surface area (Å²) in [5.41, 5.74) is 15.0. The average molecular weight is 554 g/mol. The van der Waals surface area contributed by atoms with Gasteiger partial charge in [-0.2, -0.15) is 0 Å². The van der Waals surface area contributed by atoms with Crippen molar-refractivity contribution >= 4 is 28.9 Å². The zero-order valence-corrected chi connectivity index (χ0v) is 23.0. The average Bonchev–Trinajstić information content (AvgIpc) is 3.45. The summed E-state index contributed by atoms with van der Waals surface area (Å²) in [6.07, 6.45) is 0.399. The normalized spacial score (nSPS) is 13.9. The van der Waals surface area contributed by atoms with Gasteiger partial charge in [-0.25, -0.2) is 0 Å². The van der Waals surface area contributed by atoms with Gasteiger partial charge >= 0.3 is 0 Å². The van der Waals surface area contributed by atoms with E-state index in [1.165, 1.54) is 0 Å². The SMILES string of the molecule is CCOCCOCCOCCOCCC(=O)NCCC(=O)N1Cc2ccccc2C2=C(NNN2)c2ccccc21. The van der Waals surface area contributed by atoms with Gasteiger partial charge in [-0.05, 0) is 18.6 Å². The molecule has 0 aliphatic carbocycles. The van der Waals surface area contributed by atoms with Crippen LogP contribution in [0, 0.1) is 0 Å². The second-order valence-corrected chi connectivity index (χ2v) is 9.16. The van der Waals surface area contributed by atoms with E-state index in [0.29, 0.717) is 52.8 Å². The quantitative estimate of drug-likeness (QED) is 0.231. The van der Waals surface area contributed by atoms with Crippen LogP contribution >= 0.6 is 0 Å². The number of carbonyl (C=O) groups is 2. The van der Waals surface area contributed by atoms with Crippen molar-refractivity contribution in [1.29, 1.82) is 0 Å². The number of para-hydroxylation sites is 1. The summed E-state index contributed by atoms with van der Waals surface area (Å²) in [4.78, 5) is 27.5. The molecule has 2 amide bonds. The number of ether oxygens (including phenoxy) is 4. The maximum Gasteiger partial charge on any atom is 0.229 e. The Labute approximate surface area is 235 Å². The molecule has 0 fully saturated rings. The van der Waals surface area contributed by atoms with Gasteiger partial charge in [-0.15, -0.1) is 5.53 Å². The van der Waals surface area contributed by atoms with Crippen LogP contribution in [0.3, 0.4) is 0 Å². The summed E-state index contributed by atoms with van der Waals surface area (Å²) in [5.74, 6) is -0.224. The van der Waals surface area contributed by atoms with Gasteiger partial charge in [0.1, 0.15) is 0 Å². The lowest BCUT2D eigenvalue weighted by molar-refractivity contribution is -0.122. The van der Waals surface area contributed by atoms with Crippen molar-refractivity contribution in [3.05, 3.63) is 65.2 Å². The molecule has 11 heteroatoms. The van der Waals surface area contributed by atoms with Crippen LogP contribution in [0.2, 0.25) is 0 Å². The third-order valence-electron chi connectivity index (χ3n) is 6.46. The van der Waals surface area contributed by atoms with Gasteiger partial charge in [0.2, 0.25) is 11.8 Å². The van der Waals surface area contributed by atoms with Gasteiger partial charge in [-0.1, -0.05) is 42.5 Å². The van der Waals surface area contributed by atoms with Crippen LogP contribution in [0.1, 0.15) is 36.5 Å². The van der Waals surface area contributed by atoms with E-state index < -0.39 is 0 Å². The topological polar surface area (TPSA) is 122 Å². The highest BCUT2D eigenvalue weighted by Crippen LogP contribution is 2.36. The maximum atomic E-state index is 13.4. The predicted molar refractivity (Wildman–Crippen MR) is 151 cm³/mol. The van der Waals surface area contributed by atoms with Crippen molar-refractivity contribution in [1.82, 2.24) is 21.7 Å². The van der Waals surface area contributed by atoms with Crippen LogP contribution in [0.4, 0.5) is 5.69 Å². The first-order chi connectivity index (χ1) is 19.7. The fraction of sp³-hybridized carbons (Fsp3) is 0.448. The Morgan fingerprint density at radius 1 is 0.775 bits per heavy atom. The van der Waals surface area contributed by atoms with Crippen molar-refractivity contribution in [2.45, 2.75) is 26.3 Å². The van der Waals surface area contributed by atoms with Crippen molar-refractivity contribution in [2.24, 2.45) is 0 Å². The molecule has 0 aromatic heterocycles. The van der Waals surface area contributed by atoms with E-state index >= 15 is 0 Å². The molecule has 2 aromatic carbocycles. The molecular weight excluding hydrogens is 514 g/mol. The largest absolute Gasteiger partial charge is 0.379 e. The lowest BCUT2D eigenvalue weighted by Crippen LogP contribution is -2.36. The minimum Gasteiger partial charge on any atom is -0.379 e. The molecule has 0 unspecified atom stereocenters. The minimum absolute atomic E-state index is 0.0687. The van der Waals surface area contributed by atoms with E-state index in [2.05, 4.69) is 21.7 Å². The number of nitrogens with zero attached hydrogens (tertiary/aromatic N) is 1. The first-order valence-electron chi connectivity index (χ1n) is 13.8. The second kappa shape index (κ2) is 15.9. The van der Waals surface area contributed by atoms with Gasteiger partial charge in [0.15, 0.2) is 0 Å². The first kappa shape index (κ1) is 29.5. The van der Waals surface area contributed by atoms with Crippen LogP contribution in [0.25, 0.3) is 11.4 Å². The molecule has 216 valence electrons. The number of carbonyl (C=O) groups excluding carboxylic acids is 2. The molecule has 2 aromatic rings. The predicted octanol–water partition coefficient (Wildman–Crippen LogP) is 1.95. The number of hydrogen-bond donors (Lipinski definition) is 4. The van der Waals surface area contributed by atoms with Crippen molar-refractivity contribution in [3.63, 3.8) is 0 Å². The van der Waals surface area contributed by atoms with E-state index in [9.17, 15) is 9.59 Å². The molecule has 0 radical (unpaired) electrons. The summed E-state index contributed by atoms with van der Waals surface area (Å²) in [5, 5.41) is 2.83. The van der Waals surface area contributed by atoms with Gasteiger partial charge in [-0.3, -0.25) is 9.59 Å². The molecule has 2 heterocycles. The standard InChI is InChI=1S/C29H39N5O6/c1-2-37-15-16-39-19-20-40-18-17-38-14-12-26(35)30-13-11-27(36)34-21-22-7-3-4-8-23(22)28-29(32-33-31-28)24-9-5-6-10-25(24)34/h3-10,31-33H,2,11-21H2,1H3,(H,30,35). The fourth-order valence-electron chi connectivity index (χ4n) is 4.49. The molecule has 2 aliphatic heterocycles. The molecule has 0 saturated carbocycles. The van der Waals surface area contributed by atoms with Gasteiger partial charge in [0.25, 0.3) is 0 Å². The Morgan fingerprint density at radius 3 is 2.10 bits per heavy atom. The van der Waals surface area contributed by atoms with E-state index in [0.717, 1.165) is 33.8 Å². The number of hydrazine groups is 2. The number of benzene rings is 2. The van der Waals surface area contributed by atoms with Crippen molar-refractivity contribution in [2.75, 3.05) is 64.3 Å². The summed E-state index contributed by atoms with van der Waals surface area (Å²) >= 11 is 0. The van der Waals surface area contributed by atoms with E-state index in [1.807, 2.05) is 55.5 Å². The second-order valence-electron chi connectivity index (χ2n) is 9.16. The molecule has 40 heavy (non-hydrogen) atoms. The highest BCUT2D eigenvalue weighted by molar-refractivity contribution is 6.02. The number of nitrogens with one attached hydrogen (secondary N) is 4. The Morgan fingerprint density at radius 2 is 1.38 bits per heavy atom. The van der Waals surface area contributed by atoms with Crippen molar-refractivity contribution < 1.29 is 28.5 Å². The summed E-state index contributed by atoms with van der Waals surface area (Å²) in [7, 11) is 0. The lowest BCUT2D eigenvalue weighted by atomic mass is 9.96. The van der Waals surface area contributed by atoms with Crippen LogP contribution in [-0.4, -0.2) is 71.2 Å². The number of amides is 2. The van der Waals surface area contributed by atoms with Crippen molar-refractivity contribution in [3.8, 4) is 0 Å². The Balaban J connectivity index is 1.19. The van der Waals surface area contributed by atoms with Crippen LogP contribution in [-0.2, 0) is 35.1 Å². The van der Waals surface area contributed by atoms with E-state index in [1.54, 1.807) is 4.90 Å². The Hall–Kier alpha value is -3.48. The molecule has 11 nitrogen and oxygen atoms in total. The molecule has 0 bridgehead atoms. The lowest BCUT2D eigenvalue weighted by Gasteiger charge is -2.29. The molecular formula is C29H39N5O6. The van der Waals surface area contributed by atoms with E-state index in [4.69, 9.17) is 18.9 Å². The highest BCUT2D eigenvalue weighted by Gasteiger charge is 2.28. The molecule has 4 N–H and O–H groups in total. The number of rotatable bonds is 16.